The Labute approximate surface area is 92.8 Å². The van der Waals surface area contributed by atoms with E-state index in [-0.39, 0.29) is 0 Å². The quantitative estimate of drug-likeness (QED) is 0.607. The summed E-state index contributed by atoms with van der Waals surface area (Å²) in [6.45, 7) is 0. The molecule has 0 aliphatic heterocycles. The van der Waals surface area contributed by atoms with E-state index >= 15 is 0 Å². The van der Waals surface area contributed by atoms with Crippen LogP contribution in [0.1, 0.15) is 10.7 Å². The molecule has 0 saturated heterocycles. The molecule has 17 heavy (non-hydrogen) atoms. The predicted octanol–water partition coefficient (Wildman–Crippen LogP) is 1.13. The standard InChI is InChI=1S/C9H5F2N3O3/c10-4-2-1-3-5(11)6(4)7-12-9(17-14-7)8(15)13-16/h1-3,16H,(H,13,15). The second-order valence-electron chi connectivity index (χ2n) is 2.96. The molecule has 2 aromatic rings. The third-order valence-electron chi connectivity index (χ3n) is 1.91. The first-order valence-electron chi connectivity index (χ1n) is 4.36. The zero-order chi connectivity index (χ0) is 12.4. The fraction of sp³-hybridized carbons (Fsp3) is 0. The number of carbonyl (C=O) groups is 1. The zero-order valence-corrected chi connectivity index (χ0v) is 8.15. The summed E-state index contributed by atoms with van der Waals surface area (Å²) in [6.07, 6.45) is 0. The van der Waals surface area contributed by atoms with Crippen LogP contribution in [0.5, 0.6) is 0 Å². The molecule has 0 aliphatic carbocycles. The van der Waals surface area contributed by atoms with Crippen LogP contribution in [0.15, 0.2) is 22.7 Å². The van der Waals surface area contributed by atoms with Crippen molar-refractivity contribution in [1.82, 2.24) is 15.6 Å². The molecule has 0 bridgehead atoms. The molecule has 6 nitrogen and oxygen atoms in total. The molecular weight excluding hydrogens is 236 g/mol. The Kier molecular flexibility index (Phi) is 2.79. The molecule has 1 aromatic carbocycles. The summed E-state index contributed by atoms with van der Waals surface area (Å²) in [5, 5.41) is 11.5. The Hall–Kier alpha value is -2.35. The summed E-state index contributed by atoms with van der Waals surface area (Å²) in [5.41, 5.74) is 0.746. The average Bonchev–Trinajstić information content (AvgIpc) is 2.77. The van der Waals surface area contributed by atoms with Crippen molar-refractivity contribution in [2.75, 3.05) is 0 Å². The van der Waals surface area contributed by atoms with E-state index in [1.54, 1.807) is 0 Å². The fourth-order valence-electron chi connectivity index (χ4n) is 1.18. The highest BCUT2D eigenvalue weighted by Gasteiger charge is 2.20. The number of aromatic nitrogens is 2. The van der Waals surface area contributed by atoms with Crippen molar-refractivity contribution in [2.45, 2.75) is 0 Å². The number of carbonyl (C=O) groups excluding carboxylic acids is 1. The van der Waals surface area contributed by atoms with Gasteiger partial charge in [-0.3, -0.25) is 10.0 Å². The van der Waals surface area contributed by atoms with Crippen LogP contribution >= 0.6 is 0 Å². The van der Waals surface area contributed by atoms with E-state index < -0.39 is 34.8 Å². The van der Waals surface area contributed by atoms with Gasteiger partial charge in [0, 0.05) is 0 Å². The van der Waals surface area contributed by atoms with E-state index in [1.165, 1.54) is 11.5 Å². The summed E-state index contributed by atoms with van der Waals surface area (Å²) in [6, 6.07) is 3.21. The number of hydroxylamine groups is 1. The largest absolute Gasteiger partial charge is 0.333 e. The molecule has 1 heterocycles. The molecular formula is C9H5F2N3O3. The number of rotatable bonds is 2. The number of hydrogen-bond acceptors (Lipinski definition) is 5. The molecule has 2 N–H and O–H groups in total. The van der Waals surface area contributed by atoms with Gasteiger partial charge in [0.1, 0.15) is 11.6 Å². The van der Waals surface area contributed by atoms with E-state index in [0.717, 1.165) is 12.1 Å². The van der Waals surface area contributed by atoms with Crippen LogP contribution in [0.4, 0.5) is 8.78 Å². The van der Waals surface area contributed by atoms with Gasteiger partial charge in [0.15, 0.2) is 0 Å². The van der Waals surface area contributed by atoms with Crippen LogP contribution in [0.25, 0.3) is 11.4 Å². The van der Waals surface area contributed by atoms with Crippen LogP contribution in [0, 0.1) is 11.6 Å². The lowest BCUT2D eigenvalue weighted by Crippen LogP contribution is -2.18. The van der Waals surface area contributed by atoms with Gasteiger partial charge in [0.25, 0.3) is 0 Å². The van der Waals surface area contributed by atoms with Crippen molar-refractivity contribution in [3.8, 4) is 11.4 Å². The average molecular weight is 241 g/mol. The monoisotopic (exact) mass is 241 g/mol. The highest BCUT2D eigenvalue weighted by atomic mass is 19.1. The van der Waals surface area contributed by atoms with Gasteiger partial charge < -0.3 is 4.52 Å². The van der Waals surface area contributed by atoms with Gasteiger partial charge in [0.2, 0.25) is 5.82 Å². The highest BCUT2D eigenvalue weighted by molar-refractivity contribution is 5.88. The SMILES string of the molecule is O=C(NO)c1nc(-c2c(F)cccc2F)no1. The Bertz CT molecular complexity index is 550. The molecule has 0 spiro atoms. The lowest BCUT2D eigenvalue weighted by Gasteiger charge is -1.97. The molecule has 1 aromatic heterocycles. The van der Waals surface area contributed by atoms with Crippen molar-refractivity contribution in [3.05, 3.63) is 35.7 Å². The van der Waals surface area contributed by atoms with Gasteiger partial charge in [-0.1, -0.05) is 11.2 Å². The fourth-order valence-corrected chi connectivity index (χ4v) is 1.18. The maximum atomic E-state index is 13.3. The van der Waals surface area contributed by atoms with E-state index in [0.29, 0.717) is 0 Å². The normalized spacial score (nSPS) is 10.3. The number of benzene rings is 1. The number of nitrogens with zero attached hydrogens (tertiary/aromatic N) is 2. The van der Waals surface area contributed by atoms with Crippen molar-refractivity contribution in [3.63, 3.8) is 0 Å². The highest BCUT2D eigenvalue weighted by Crippen LogP contribution is 2.22. The summed E-state index contributed by atoms with van der Waals surface area (Å²) < 4.78 is 31.0. The number of halogens is 2. The van der Waals surface area contributed by atoms with Crippen molar-refractivity contribution >= 4 is 5.91 Å². The number of amides is 1. The molecule has 0 unspecified atom stereocenters. The van der Waals surface area contributed by atoms with Crippen molar-refractivity contribution in [1.29, 1.82) is 0 Å². The number of hydrogen-bond donors (Lipinski definition) is 2. The van der Waals surface area contributed by atoms with E-state index in [9.17, 15) is 13.6 Å². The Morgan fingerprint density at radius 3 is 2.59 bits per heavy atom. The smallest absolute Gasteiger partial charge is 0.328 e. The molecule has 2 rings (SSSR count). The van der Waals surface area contributed by atoms with Crippen molar-refractivity contribution in [2.24, 2.45) is 0 Å². The summed E-state index contributed by atoms with van der Waals surface area (Å²) in [5.74, 6) is -3.87. The molecule has 8 heteroatoms. The third kappa shape index (κ3) is 1.97. The van der Waals surface area contributed by atoms with E-state index in [2.05, 4.69) is 14.7 Å². The van der Waals surface area contributed by atoms with Gasteiger partial charge >= 0.3 is 11.8 Å². The summed E-state index contributed by atoms with van der Waals surface area (Å²) >= 11 is 0. The van der Waals surface area contributed by atoms with Crippen LogP contribution < -0.4 is 5.48 Å². The molecule has 0 radical (unpaired) electrons. The molecule has 0 saturated carbocycles. The second-order valence-corrected chi connectivity index (χ2v) is 2.96. The van der Waals surface area contributed by atoms with Crippen LogP contribution in [0.2, 0.25) is 0 Å². The lowest BCUT2D eigenvalue weighted by molar-refractivity contribution is 0.0659. The van der Waals surface area contributed by atoms with Crippen molar-refractivity contribution < 1.29 is 23.3 Å². The summed E-state index contributed by atoms with van der Waals surface area (Å²) in [4.78, 5) is 14.3. The van der Waals surface area contributed by atoms with Gasteiger partial charge in [-0.15, -0.1) is 0 Å². The Morgan fingerprint density at radius 1 is 1.35 bits per heavy atom. The number of nitrogens with one attached hydrogen (secondary N) is 1. The molecule has 0 aliphatic rings. The molecule has 0 atom stereocenters. The van der Waals surface area contributed by atoms with Crippen LogP contribution in [-0.4, -0.2) is 21.3 Å². The zero-order valence-electron chi connectivity index (χ0n) is 8.15. The van der Waals surface area contributed by atoms with Crippen LogP contribution in [-0.2, 0) is 0 Å². The van der Waals surface area contributed by atoms with Crippen LogP contribution in [0.3, 0.4) is 0 Å². The van der Waals surface area contributed by atoms with Gasteiger partial charge in [-0.2, -0.15) is 4.98 Å². The summed E-state index contributed by atoms with van der Waals surface area (Å²) in [7, 11) is 0. The van der Waals surface area contributed by atoms with Gasteiger partial charge in [0.05, 0.1) is 5.56 Å². The minimum absolute atomic E-state index is 0.417. The first-order chi connectivity index (χ1) is 8.13. The topological polar surface area (TPSA) is 88.2 Å². The first-order valence-corrected chi connectivity index (χ1v) is 4.36. The van der Waals surface area contributed by atoms with E-state index in [1.807, 2.05) is 0 Å². The van der Waals surface area contributed by atoms with Gasteiger partial charge in [-0.05, 0) is 12.1 Å². The van der Waals surface area contributed by atoms with Gasteiger partial charge in [-0.25, -0.2) is 14.3 Å². The minimum Gasteiger partial charge on any atom is -0.328 e. The lowest BCUT2D eigenvalue weighted by atomic mass is 10.2. The first kappa shape index (κ1) is 11.1. The molecule has 88 valence electrons. The third-order valence-corrected chi connectivity index (χ3v) is 1.91. The molecule has 0 fully saturated rings. The maximum absolute atomic E-state index is 13.3. The maximum Gasteiger partial charge on any atom is 0.333 e. The Balaban J connectivity index is 2.47. The Morgan fingerprint density at radius 2 is 2.00 bits per heavy atom. The second kappa shape index (κ2) is 4.26. The predicted molar refractivity (Wildman–Crippen MR) is 48.9 cm³/mol. The minimum atomic E-state index is -1.07. The molecule has 1 amide bonds. The van der Waals surface area contributed by atoms with E-state index in [4.69, 9.17) is 5.21 Å².